The van der Waals surface area contributed by atoms with Crippen molar-refractivity contribution >= 4 is 21.6 Å². The topological polar surface area (TPSA) is 94.2 Å². The molecule has 33 heavy (non-hydrogen) atoms. The lowest BCUT2D eigenvalue weighted by Gasteiger charge is -2.34. The molecule has 3 aromatic rings. The third kappa shape index (κ3) is 5.04. The Kier molecular flexibility index (Phi) is 6.69. The van der Waals surface area contributed by atoms with Crippen molar-refractivity contribution in [2.24, 2.45) is 0 Å². The number of hydrogen-bond acceptors (Lipinski definition) is 6. The van der Waals surface area contributed by atoms with E-state index in [0.717, 1.165) is 0 Å². The van der Waals surface area contributed by atoms with Crippen LogP contribution in [0.1, 0.15) is 0 Å². The van der Waals surface area contributed by atoms with Crippen LogP contribution >= 0.6 is 0 Å². The Labute approximate surface area is 192 Å². The second kappa shape index (κ2) is 9.83. The number of para-hydroxylation sites is 3. The zero-order chi connectivity index (χ0) is 23.3. The summed E-state index contributed by atoms with van der Waals surface area (Å²) < 4.78 is 44.6. The van der Waals surface area contributed by atoms with Crippen molar-refractivity contribution in [2.45, 2.75) is 11.0 Å². The molecule has 0 saturated carbocycles. The minimum absolute atomic E-state index is 0.0930. The van der Waals surface area contributed by atoms with E-state index in [2.05, 4.69) is 5.32 Å². The van der Waals surface area contributed by atoms with Crippen molar-refractivity contribution in [3.63, 3.8) is 0 Å². The number of nitrogens with one attached hydrogen (secondary N) is 1. The number of fused-ring (bicyclic) bond motifs is 1. The SMILES string of the molecule is COc1ccc(S(=O)(=O)N2CC(C(=O)NCCOc3ccccc3)Oc3ccccc32)cc1. The van der Waals surface area contributed by atoms with Gasteiger partial charge in [0.15, 0.2) is 6.10 Å². The number of ether oxygens (including phenoxy) is 3. The highest BCUT2D eigenvalue weighted by Crippen LogP contribution is 2.37. The van der Waals surface area contributed by atoms with Crippen molar-refractivity contribution < 1.29 is 27.4 Å². The first-order valence-electron chi connectivity index (χ1n) is 10.4. The largest absolute Gasteiger partial charge is 0.497 e. The molecule has 0 saturated heterocycles. The average molecular weight is 469 g/mol. The molecular weight excluding hydrogens is 444 g/mol. The van der Waals surface area contributed by atoms with Crippen LogP contribution in [0.4, 0.5) is 5.69 Å². The number of nitrogens with zero attached hydrogens (tertiary/aromatic N) is 1. The van der Waals surface area contributed by atoms with E-state index in [-0.39, 0.29) is 24.6 Å². The highest BCUT2D eigenvalue weighted by Gasteiger charge is 2.37. The molecule has 1 N–H and O–H groups in total. The molecule has 4 rings (SSSR count). The Morgan fingerprint density at radius 1 is 1.00 bits per heavy atom. The summed E-state index contributed by atoms with van der Waals surface area (Å²) >= 11 is 0. The molecule has 1 unspecified atom stereocenters. The van der Waals surface area contributed by atoms with Gasteiger partial charge in [0, 0.05) is 0 Å². The molecule has 8 nitrogen and oxygen atoms in total. The smallest absolute Gasteiger partial charge is 0.264 e. The van der Waals surface area contributed by atoms with Crippen LogP contribution in [0.3, 0.4) is 0 Å². The molecule has 9 heteroatoms. The van der Waals surface area contributed by atoms with Crippen LogP contribution in [0.5, 0.6) is 17.2 Å². The van der Waals surface area contributed by atoms with Gasteiger partial charge in [-0.2, -0.15) is 0 Å². The third-order valence-electron chi connectivity index (χ3n) is 5.09. The zero-order valence-electron chi connectivity index (χ0n) is 18.0. The summed E-state index contributed by atoms with van der Waals surface area (Å²) in [6.07, 6.45) is -1.01. The summed E-state index contributed by atoms with van der Waals surface area (Å²) in [6, 6.07) is 22.1. The zero-order valence-corrected chi connectivity index (χ0v) is 18.8. The quantitative estimate of drug-likeness (QED) is 0.511. The van der Waals surface area contributed by atoms with Crippen molar-refractivity contribution in [3.8, 4) is 17.2 Å². The summed E-state index contributed by atoms with van der Waals surface area (Å²) in [5, 5.41) is 2.75. The van der Waals surface area contributed by atoms with Gasteiger partial charge in [0.25, 0.3) is 15.9 Å². The fraction of sp³-hybridized carbons (Fsp3) is 0.208. The molecule has 1 aliphatic rings. The molecule has 0 spiro atoms. The molecule has 0 radical (unpaired) electrons. The van der Waals surface area contributed by atoms with E-state index in [9.17, 15) is 13.2 Å². The van der Waals surface area contributed by atoms with Crippen LogP contribution < -0.4 is 23.8 Å². The Balaban J connectivity index is 1.48. The van der Waals surface area contributed by atoms with Gasteiger partial charge in [0.2, 0.25) is 0 Å². The maximum absolute atomic E-state index is 13.4. The first-order chi connectivity index (χ1) is 16.0. The fourth-order valence-corrected chi connectivity index (χ4v) is 4.89. The number of methoxy groups -OCH3 is 1. The molecule has 0 bridgehead atoms. The second-order valence-electron chi connectivity index (χ2n) is 7.24. The highest BCUT2D eigenvalue weighted by atomic mass is 32.2. The van der Waals surface area contributed by atoms with E-state index in [1.807, 2.05) is 30.3 Å². The maximum atomic E-state index is 13.4. The van der Waals surface area contributed by atoms with E-state index < -0.39 is 22.0 Å². The number of anilines is 1. The van der Waals surface area contributed by atoms with Crippen LogP contribution in [0.15, 0.2) is 83.8 Å². The van der Waals surface area contributed by atoms with Crippen molar-refractivity contribution in [1.82, 2.24) is 5.32 Å². The van der Waals surface area contributed by atoms with Gasteiger partial charge in [-0.05, 0) is 48.5 Å². The van der Waals surface area contributed by atoms with Gasteiger partial charge < -0.3 is 19.5 Å². The average Bonchev–Trinajstić information content (AvgIpc) is 2.86. The van der Waals surface area contributed by atoms with Crippen LogP contribution in [0.25, 0.3) is 0 Å². The van der Waals surface area contributed by atoms with Crippen LogP contribution in [-0.4, -0.2) is 47.2 Å². The van der Waals surface area contributed by atoms with Crippen LogP contribution in [0, 0.1) is 0 Å². The van der Waals surface area contributed by atoms with Gasteiger partial charge in [-0.15, -0.1) is 0 Å². The number of hydrogen-bond donors (Lipinski definition) is 1. The summed E-state index contributed by atoms with van der Waals surface area (Å²) in [6.45, 7) is 0.365. The number of amides is 1. The number of carbonyl (C=O) groups is 1. The fourth-order valence-electron chi connectivity index (χ4n) is 3.41. The molecule has 0 aromatic heterocycles. The first-order valence-corrected chi connectivity index (χ1v) is 11.8. The Hall–Kier alpha value is -3.72. The van der Waals surface area contributed by atoms with E-state index in [1.54, 1.807) is 36.4 Å². The number of rotatable bonds is 8. The van der Waals surface area contributed by atoms with Gasteiger partial charge in [-0.25, -0.2) is 8.42 Å². The Bertz CT molecular complexity index is 1200. The van der Waals surface area contributed by atoms with Gasteiger partial charge >= 0.3 is 0 Å². The van der Waals surface area contributed by atoms with Crippen molar-refractivity contribution in [3.05, 3.63) is 78.9 Å². The van der Waals surface area contributed by atoms with Gasteiger partial charge in [-0.1, -0.05) is 30.3 Å². The highest BCUT2D eigenvalue weighted by molar-refractivity contribution is 7.92. The monoisotopic (exact) mass is 468 g/mol. The Morgan fingerprint density at radius 3 is 2.42 bits per heavy atom. The lowest BCUT2D eigenvalue weighted by molar-refractivity contribution is -0.127. The maximum Gasteiger partial charge on any atom is 0.264 e. The summed E-state index contributed by atoms with van der Waals surface area (Å²) in [4.78, 5) is 12.9. The standard InChI is InChI=1S/C24H24N2O6S/c1-30-18-11-13-20(14-12-18)33(28,29)26-17-23(32-22-10-6-5-9-21(22)26)24(27)25-15-16-31-19-7-3-2-4-8-19/h2-14,23H,15-17H2,1H3,(H,25,27). The molecule has 1 heterocycles. The predicted molar refractivity (Wildman–Crippen MR) is 123 cm³/mol. The number of sulfonamides is 1. The first kappa shape index (κ1) is 22.5. The van der Waals surface area contributed by atoms with E-state index >= 15 is 0 Å². The van der Waals surface area contributed by atoms with E-state index in [1.165, 1.54) is 23.5 Å². The molecule has 0 fully saturated rings. The lowest BCUT2D eigenvalue weighted by Crippen LogP contribution is -2.51. The normalized spacial score (nSPS) is 15.2. The van der Waals surface area contributed by atoms with Crippen LogP contribution in [0.2, 0.25) is 0 Å². The van der Waals surface area contributed by atoms with Gasteiger partial charge in [0.05, 0.1) is 30.8 Å². The second-order valence-corrected chi connectivity index (χ2v) is 9.10. The minimum Gasteiger partial charge on any atom is -0.497 e. The summed E-state index contributed by atoms with van der Waals surface area (Å²) in [5.74, 6) is 1.15. The molecule has 1 atom stereocenters. The van der Waals surface area contributed by atoms with E-state index in [4.69, 9.17) is 14.2 Å². The third-order valence-corrected chi connectivity index (χ3v) is 6.88. The summed E-state index contributed by atoms with van der Waals surface area (Å²) in [5.41, 5.74) is 0.379. The molecule has 0 aliphatic carbocycles. The molecule has 1 aliphatic heterocycles. The van der Waals surface area contributed by atoms with Crippen molar-refractivity contribution in [1.29, 1.82) is 0 Å². The molecular formula is C24H24N2O6S. The predicted octanol–water partition coefficient (Wildman–Crippen LogP) is 2.85. The lowest BCUT2D eigenvalue weighted by atomic mass is 10.2. The van der Waals surface area contributed by atoms with Crippen LogP contribution in [-0.2, 0) is 14.8 Å². The van der Waals surface area contributed by atoms with Crippen molar-refractivity contribution in [2.75, 3.05) is 31.1 Å². The molecule has 172 valence electrons. The Morgan fingerprint density at radius 2 is 1.70 bits per heavy atom. The molecule has 3 aromatic carbocycles. The molecule has 1 amide bonds. The number of benzene rings is 3. The van der Waals surface area contributed by atoms with E-state index in [0.29, 0.717) is 22.9 Å². The number of carbonyl (C=O) groups excluding carboxylic acids is 1. The van der Waals surface area contributed by atoms with Gasteiger partial charge in [0.1, 0.15) is 23.9 Å². The van der Waals surface area contributed by atoms with Gasteiger partial charge in [-0.3, -0.25) is 9.10 Å². The minimum atomic E-state index is -3.93. The summed E-state index contributed by atoms with van der Waals surface area (Å²) in [7, 11) is -2.43.